The van der Waals surface area contributed by atoms with E-state index >= 15 is 0 Å². The van der Waals surface area contributed by atoms with Gasteiger partial charge in [0.1, 0.15) is 5.75 Å². The molecule has 0 saturated carbocycles. The van der Waals surface area contributed by atoms with Gasteiger partial charge in [-0.3, -0.25) is 9.59 Å². The molecule has 30 heavy (non-hydrogen) atoms. The van der Waals surface area contributed by atoms with Crippen LogP contribution < -0.4 is 14.5 Å². The quantitative estimate of drug-likeness (QED) is 0.788. The lowest BCUT2D eigenvalue weighted by molar-refractivity contribution is -0.139. The summed E-state index contributed by atoms with van der Waals surface area (Å²) >= 11 is 0. The van der Waals surface area contributed by atoms with Gasteiger partial charge in [-0.2, -0.15) is 0 Å². The molecule has 0 aliphatic carbocycles. The normalized spacial score (nSPS) is 20.4. The molecule has 0 N–H and O–H groups in total. The number of fused-ring (bicyclic) bond motifs is 2. The highest BCUT2D eigenvalue weighted by Gasteiger charge is 2.35. The molecule has 1 atom stereocenters. The number of hydrogen-bond acceptors (Lipinski definition) is 4. The van der Waals surface area contributed by atoms with Crippen molar-refractivity contribution in [1.82, 2.24) is 4.90 Å². The monoisotopic (exact) mass is 405 g/mol. The number of piperidine rings is 1. The Morgan fingerprint density at radius 1 is 0.900 bits per heavy atom. The zero-order valence-electron chi connectivity index (χ0n) is 17.1. The van der Waals surface area contributed by atoms with Crippen LogP contribution in [0.4, 0.5) is 11.4 Å². The summed E-state index contributed by atoms with van der Waals surface area (Å²) in [5, 5.41) is 0. The van der Waals surface area contributed by atoms with E-state index in [4.69, 9.17) is 4.74 Å². The number of carbonyl (C=O) groups excluding carboxylic acids is 2. The number of para-hydroxylation sites is 3. The van der Waals surface area contributed by atoms with Gasteiger partial charge >= 0.3 is 0 Å². The summed E-state index contributed by atoms with van der Waals surface area (Å²) in [5.41, 5.74) is 3.09. The van der Waals surface area contributed by atoms with Gasteiger partial charge < -0.3 is 19.4 Å². The fraction of sp³-hybridized carbons (Fsp3) is 0.417. The van der Waals surface area contributed by atoms with Crippen LogP contribution in [0.15, 0.2) is 48.5 Å². The third-order valence-corrected chi connectivity index (χ3v) is 6.32. The van der Waals surface area contributed by atoms with Crippen molar-refractivity contribution >= 4 is 23.2 Å². The summed E-state index contributed by atoms with van der Waals surface area (Å²) in [6.07, 6.45) is 3.59. The van der Waals surface area contributed by atoms with E-state index in [-0.39, 0.29) is 18.4 Å². The summed E-state index contributed by atoms with van der Waals surface area (Å²) < 4.78 is 6.08. The largest absolute Gasteiger partial charge is 0.477 e. The molecule has 0 bridgehead atoms. The van der Waals surface area contributed by atoms with Gasteiger partial charge in [-0.1, -0.05) is 30.3 Å². The summed E-state index contributed by atoms with van der Waals surface area (Å²) in [6.45, 7) is 2.93. The van der Waals surface area contributed by atoms with Gasteiger partial charge in [0.05, 0.1) is 18.8 Å². The fourth-order valence-electron chi connectivity index (χ4n) is 4.75. The molecule has 6 heteroatoms. The fourth-order valence-corrected chi connectivity index (χ4v) is 4.75. The van der Waals surface area contributed by atoms with Crippen LogP contribution in [0.25, 0.3) is 0 Å². The highest BCUT2D eigenvalue weighted by atomic mass is 16.5. The lowest BCUT2D eigenvalue weighted by Gasteiger charge is -2.38. The number of anilines is 2. The number of rotatable bonds is 3. The second kappa shape index (κ2) is 8.01. The van der Waals surface area contributed by atoms with E-state index in [0.29, 0.717) is 18.8 Å². The third kappa shape index (κ3) is 3.51. The van der Waals surface area contributed by atoms with Crippen molar-refractivity contribution in [3.8, 4) is 5.75 Å². The lowest BCUT2D eigenvalue weighted by Crippen LogP contribution is -2.53. The molecule has 3 aliphatic heterocycles. The predicted octanol–water partition coefficient (Wildman–Crippen LogP) is 2.86. The molecule has 0 radical (unpaired) electrons. The minimum Gasteiger partial charge on any atom is -0.477 e. The Labute approximate surface area is 177 Å². The Morgan fingerprint density at radius 2 is 1.63 bits per heavy atom. The Hall–Kier alpha value is -3.02. The molecule has 6 nitrogen and oxygen atoms in total. The minimum absolute atomic E-state index is 0.0353. The van der Waals surface area contributed by atoms with E-state index in [9.17, 15) is 9.59 Å². The SMILES string of the molecule is O=C([C@@H]1CN(CC(=O)N2CCc3ccccc32)c2ccccc2O1)N1CCCCC1. The van der Waals surface area contributed by atoms with Crippen LogP contribution in [0.1, 0.15) is 24.8 Å². The van der Waals surface area contributed by atoms with Crippen LogP contribution in [0.3, 0.4) is 0 Å². The van der Waals surface area contributed by atoms with E-state index in [1.165, 1.54) is 12.0 Å². The molecule has 5 rings (SSSR count). The highest BCUT2D eigenvalue weighted by Crippen LogP contribution is 2.34. The smallest absolute Gasteiger partial charge is 0.265 e. The Bertz CT molecular complexity index is 954. The second-order valence-corrected chi connectivity index (χ2v) is 8.26. The van der Waals surface area contributed by atoms with Crippen molar-refractivity contribution in [2.75, 3.05) is 42.5 Å². The Kier molecular flexibility index (Phi) is 5.07. The van der Waals surface area contributed by atoms with Crippen LogP contribution >= 0.6 is 0 Å². The van der Waals surface area contributed by atoms with Crippen molar-refractivity contribution in [2.45, 2.75) is 31.8 Å². The molecular weight excluding hydrogens is 378 g/mol. The molecule has 1 saturated heterocycles. The first kappa shape index (κ1) is 19.0. The van der Waals surface area contributed by atoms with Crippen LogP contribution in [-0.4, -0.2) is 55.5 Å². The zero-order valence-corrected chi connectivity index (χ0v) is 17.1. The Morgan fingerprint density at radius 3 is 2.47 bits per heavy atom. The predicted molar refractivity (Wildman–Crippen MR) is 116 cm³/mol. The maximum absolute atomic E-state index is 13.2. The van der Waals surface area contributed by atoms with Crippen LogP contribution in [-0.2, 0) is 16.0 Å². The number of nitrogens with zero attached hydrogens (tertiary/aromatic N) is 3. The molecule has 1 fully saturated rings. The first-order valence-electron chi connectivity index (χ1n) is 10.9. The van der Waals surface area contributed by atoms with Crippen LogP contribution in [0.2, 0.25) is 0 Å². The van der Waals surface area contributed by atoms with E-state index in [0.717, 1.165) is 43.7 Å². The number of amides is 2. The van der Waals surface area contributed by atoms with E-state index < -0.39 is 6.10 Å². The highest BCUT2D eigenvalue weighted by molar-refractivity contribution is 5.98. The van der Waals surface area contributed by atoms with Gasteiger partial charge in [0, 0.05) is 25.3 Å². The van der Waals surface area contributed by atoms with E-state index in [1.54, 1.807) is 0 Å². The molecule has 2 aromatic carbocycles. The zero-order chi connectivity index (χ0) is 20.5. The van der Waals surface area contributed by atoms with Gasteiger partial charge in [0.15, 0.2) is 6.10 Å². The molecule has 2 aromatic rings. The Balaban J connectivity index is 1.35. The molecule has 3 heterocycles. The van der Waals surface area contributed by atoms with Gasteiger partial charge in [-0.15, -0.1) is 0 Å². The average molecular weight is 405 g/mol. The first-order chi connectivity index (χ1) is 14.7. The summed E-state index contributed by atoms with van der Waals surface area (Å²) in [4.78, 5) is 32.1. The third-order valence-electron chi connectivity index (χ3n) is 6.32. The average Bonchev–Trinajstić information content (AvgIpc) is 3.23. The summed E-state index contributed by atoms with van der Waals surface area (Å²) in [7, 11) is 0. The molecule has 0 spiro atoms. The van der Waals surface area contributed by atoms with Crippen molar-refractivity contribution in [2.24, 2.45) is 0 Å². The summed E-state index contributed by atoms with van der Waals surface area (Å²) in [6, 6.07) is 15.8. The van der Waals surface area contributed by atoms with E-state index in [1.807, 2.05) is 57.2 Å². The standard InChI is InChI=1S/C24H27N3O3/c28-23(27-15-12-18-8-2-3-9-19(18)27)17-26-16-22(24(29)25-13-6-1-7-14-25)30-21-11-5-4-10-20(21)26/h2-5,8-11,22H,1,6-7,12-17H2/t22-/m0/s1. The second-order valence-electron chi connectivity index (χ2n) is 8.26. The van der Waals surface area contributed by atoms with Crippen molar-refractivity contribution in [3.63, 3.8) is 0 Å². The number of benzene rings is 2. The molecule has 0 aromatic heterocycles. The minimum atomic E-state index is -0.573. The van der Waals surface area contributed by atoms with Gasteiger partial charge in [0.25, 0.3) is 5.91 Å². The number of hydrogen-bond donors (Lipinski definition) is 0. The maximum Gasteiger partial charge on any atom is 0.265 e. The summed E-state index contributed by atoms with van der Waals surface area (Å²) in [5.74, 6) is 0.766. The van der Waals surface area contributed by atoms with Gasteiger partial charge in [-0.25, -0.2) is 0 Å². The van der Waals surface area contributed by atoms with Crippen molar-refractivity contribution in [3.05, 3.63) is 54.1 Å². The molecular formula is C24H27N3O3. The first-order valence-corrected chi connectivity index (χ1v) is 10.9. The molecule has 156 valence electrons. The van der Waals surface area contributed by atoms with E-state index in [2.05, 4.69) is 6.07 Å². The topological polar surface area (TPSA) is 53.1 Å². The molecule has 2 amide bonds. The number of ether oxygens (including phenoxy) is 1. The van der Waals surface area contributed by atoms with Crippen LogP contribution in [0, 0.1) is 0 Å². The van der Waals surface area contributed by atoms with Gasteiger partial charge in [-0.05, 0) is 49.4 Å². The number of carbonyl (C=O) groups is 2. The molecule has 0 unspecified atom stereocenters. The number of likely N-dealkylation sites (tertiary alicyclic amines) is 1. The van der Waals surface area contributed by atoms with Crippen LogP contribution in [0.5, 0.6) is 5.75 Å². The van der Waals surface area contributed by atoms with Crippen molar-refractivity contribution < 1.29 is 14.3 Å². The molecule has 3 aliphatic rings. The van der Waals surface area contributed by atoms with Gasteiger partial charge in [0.2, 0.25) is 5.91 Å². The maximum atomic E-state index is 13.2. The van der Waals surface area contributed by atoms with Crippen molar-refractivity contribution in [1.29, 1.82) is 0 Å². The lowest BCUT2D eigenvalue weighted by atomic mass is 10.1.